The van der Waals surface area contributed by atoms with E-state index in [1.807, 2.05) is 13.8 Å². The van der Waals surface area contributed by atoms with Crippen molar-refractivity contribution in [3.63, 3.8) is 0 Å². The summed E-state index contributed by atoms with van der Waals surface area (Å²) in [4.78, 5) is 22.1. The molecule has 0 aliphatic carbocycles. The molecule has 0 aliphatic heterocycles. The molecular weight excluding hydrogens is 308 g/mol. The largest absolute Gasteiger partial charge is 0.349 e. The van der Waals surface area contributed by atoms with Crippen LogP contribution in [0.25, 0.3) is 0 Å². The van der Waals surface area contributed by atoms with Gasteiger partial charge in [-0.2, -0.15) is 0 Å². The Bertz CT molecular complexity index is 421. The lowest BCUT2D eigenvalue weighted by atomic mass is 10.1. The number of hydrogen-bond donors (Lipinski definition) is 1. The maximum atomic E-state index is 11.8. The third-order valence-corrected chi connectivity index (χ3v) is 4.51. The predicted molar refractivity (Wildman–Crippen MR) is 70.9 cm³/mol. The van der Waals surface area contributed by atoms with Gasteiger partial charge in [-0.05, 0) is 18.9 Å². The Balaban J connectivity index is 2.66. The summed E-state index contributed by atoms with van der Waals surface area (Å²) in [5.74, 6) is 0.0392. The molecule has 0 spiro atoms. The first-order chi connectivity index (χ1) is 7.95. The second-order valence-electron chi connectivity index (χ2n) is 3.79. The Morgan fingerprint density at radius 1 is 1.59 bits per heavy atom. The van der Waals surface area contributed by atoms with Gasteiger partial charge in [-0.3, -0.25) is 14.9 Å². The van der Waals surface area contributed by atoms with E-state index in [0.29, 0.717) is 10.8 Å². The summed E-state index contributed by atoms with van der Waals surface area (Å²) in [5, 5.41) is 14.1. The number of alkyl halides is 1. The first kappa shape index (κ1) is 14.1. The fourth-order valence-corrected chi connectivity index (χ4v) is 2.39. The number of thiophene rings is 1. The van der Waals surface area contributed by atoms with Gasteiger partial charge in [0.25, 0.3) is 5.91 Å². The van der Waals surface area contributed by atoms with Crippen molar-refractivity contribution in [2.45, 2.75) is 19.9 Å². The summed E-state index contributed by atoms with van der Waals surface area (Å²) in [5.41, 5.74) is 0. The molecular formula is C10H13BrN2O3S. The molecule has 1 amide bonds. The molecule has 2 atom stereocenters. The number of nitrogens with zero attached hydrogens (tertiary/aromatic N) is 1. The van der Waals surface area contributed by atoms with Crippen LogP contribution < -0.4 is 5.32 Å². The Kier molecular flexibility index (Phi) is 5.07. The van der Waals surface area contributed by atoms with E-state index in [9.17, 15) is 14.9 Å². The number of hydrogen-bond acceptors (Lipinski definition) is 4. The number of nitrogens with one attached hydrogen (secondary N) is 1. The van der Waals surface area contributed by atoms with E-state index in [1.165, 1.54) is 12.1 Å². The van der Waals surface area contributed by atoms with Crippen LogP contribution in [0.4, 0.5) is 5.00 Å². The summed E-state index contributed by atoms with van der Waals surface area (Å²) in [6.45, 7) is 3.92. The van der Waals surface area contributed by atoms with Crippen molar-refractivity contribution in [3.05, 3.63) is 27.1 Å². The fourth-order valence-electron chi connectivity index (χ4n) is 1.10. The molecule has 2 unspecified atom stereocenters. The average Bonchev–Trinajstić information content (AvgIpc) is 2.77. The second-order valence-corrected chi connectivity index (χ2v) is 5.50. The molecule has 1 aromatic rings. The van der Waals surface area contributed by atoms with Crippen molar-refractivity contribution < 1.29 is 9.72 Å². The molecule has 1 rings (SSSR count). The Labute approximate surface area is 111 Å². The average molecular weight is 321 g/mol. The molecule has 0 fully saturated rings. The molecule has 0 aliphatic rings. The topological polar surface area (TPSA) is 72.2 Å². The van der Waals surface area contributed by atoms with Crippen molar-refractivity contribution in [1.82, 2.24) is 5.32 Å². The summed E-state index contributed by atoms with van der Waals surface area (Å²) >= 11 is 4.23. The third kappa shape index (κ3) is 3.78. The Hall–Kier alpha value is -0.950. The van der Waals surface area contributed by atoms with Gasteiger partial charge in [-0.25, -0.2) is 0 Å². The van der Waals surface area contributed by atoms with E-state index in [2.05, 4.69) is 21.2 Å². The van der Waals surface area contributed by atoms with Gasteiger partial charge in [0.05, 0.1) is 9.80 Å². The van der Waals surface area contributed by atoms with Gasteiger partial charge in [0, 0.05) is 17.4 Å². The third-order valence-electron chi connectivity index (χ3n) is 2.45. The molecule has 17 heavy (non-hydrogen) atoms. The smallest absolute Gasteiger partial charge is 0.324 e. The zero-order chi connectivity index (χ0) is 13.0. The monoisotopic (exact) mass is 320 g/mol. The first-order valence-electron chi connectivity index (χ1n) is 5.06. The van der Waals surface area contributed by atoms with Crippen LogP contribution in [0.3, 0.4) is 0 Å². The molecule has 1 heterocycles. The van der Waals surface area contributed by atoms with Crippen LogP contribution in [-0.2, 0) is 0 Å². The van der Waals surface area contributed by atoms with Crippen molar-refractivity contribution in [2.75, 3.05) is 5.33 Å². The van der Waals surface area contributed by atoms with Gasteiger partial charge in [0.15, 0.2) is 0 Å². The summed E-state index contributed by atoms with van der Waals surface area (Å²) < 4.78 is 0. The van der Waals surface area contributed by atoms with Gasteiger partial charge in [-0.1, -0.05) is 34.2 Å². The quantitative estimate of drug-likeness (QED) is 0.515. The maximum absolute atomic E-state index is 11.8. The van der Waals surface area contributed by atoms with Gasteiger partial charge < -0.3 is 5.32 Å². The van der Waals surface area contributed by atoms with Crippen LogP contribution in [0.5, 0.6) is 0 Å². The molecule has 0 bridgehead atoms. The lowest BCUT2D eigenvalue weighted by Crippen LogP contribution is -2.37. The van der Waals surface area contributed by atoms with Gasteiger partial charge in [-0.15, -0.1) is 0 Å². The van der Waals surface area contributed by atoms with E-state index < -0.39 is 4.92 Å². The standard InChI is InChI=1S/C10H13BrN2O3S/c1-6(5-11)7(2)12-10(14)8-3-4-9(17-8)13(15)16/h3-4,6-7H,5H2,1-2H3,(H,12,14). The number of halogens is 1. The van der Waals surface area contributed by atoms with Crippen molar-refractivity contribution in [3.8, 4) is 0 Å². The van der Waals surface area contributed by atoms with E-state index in [0.717, 1.165) is 16.7 Å². The van der Waals surface area contributed by atoms with E-state index in [4.69, 9.17) is 0 Å². The number of nitro groups is 1. The Morgan fingerprint density at radius 2 is 2.24 bits per heavy atom. The van der Waals surface area contributed by atoms with Crippen LogP contribution in [0.15, 0.2) is 12.1 Å². The second kappa shape index (κ2) is 6.11. The Morgan fingerprint density at radius 3 is 2.71 bits per heavy atom. The number of carbonyl (C=O) groups is 1. The minimum absolute atomic E-state index is 0.0167. The molecule has 0 radical (unpaired) electrons. The lowest BCUT2D eigenvalue weighted by Gasteiger charge is -2.18. The fraction of sp³-hybridized carbons (Fsp3) is 0.500. The van der Waals surface area contributed by atoms with Gasteiger partial charge >= 0.3 is 5.00 Å². The highest BCUT2D eigenvalue weighted by Gasteiger charge is 2.18. The van der Waals surface area contributed by atoms with Crippen molar-refractivity contribution >= 4 is 38.2 Å². The van der Waals surface area contributed by atoms with Crippen LogP contribution in [0.1, 0.15) is 23.5 Å². The van der Waals surface area contributed by atoms with Crippen LogP contribution >= 0.6 is 27.3 Å². The molecule has 0 saturated carbocycles. The normalized spacial score (nSPS) is 14.1. The highest BCUT2D eigenvalue weighted by Crippen LogP contribution is 2.24. The van der Waals surface area contributed by atoms with E-state index >= 15 is 0 Å². The lowest BCUT2D eigenvalue weighted by molar-refractivity contribution is -0.380. The minimum Gasteiger partial charge on any atom is -0.349 e. The molecule has 7 heteroatoms. The van der Waals surface area contributed by atoms with E-state index in [-0.39, 0.29) is 17.0 Å². The number of carbonyl (C=O) groups excluding carboxylic acids is 1. The minimum atomic E-state index is -0.494. The molecule has 5 nitrogen and oxygen atoms in total. The van der Waals surface area contributed by atoms with E-state index in [1.54, 1.807) is 0 Å². The summed E-state index contributed by atoms with van der Waals surface area (Å²) in [6.07, 6.45) is 0. The molecule has 1 N–H and O–H groups in total. The first-order valence-corrected chi connectivity index (χ1v) is 7.00. The predicted octanol–water partition coefficient (Wildman–Crippen LogP) is 2.81. The van der Waals surface area contributed by atoms with Crippen LogP contribution in [0.2, 0.25) is 0 Å². The summed E-state index contributed by atoms with van der Waals surface area (Å²) in [6, 6.07) is 2.84. The number of rotatable bonds is 5. The maximum Gasteiger partial charge on any atom is 0.324 e. The van der Waals surface area contributed by atoms with Crippen LogP contribution in [-0.4, -0.2) is 22.2 Å². The van der Waals surface area contributed by atoms with Gasteiger partial charge in [0.1, 0.15) is 0 Å². The SMILES string of the molecule is CC(CBr)C(C)NC(=O)c1ccc([N+](=O)[O-])s1. The molecule has 0 aromatic carbocycles. The highest BCUT2D eigenvalue weighted by molar-refractivity contribution is 9.09. The van der Waals surface area contributed by atoms with Crippen LogP contribution in [0, 0.1) is 16.0 Å². The van der Waals surface area contributed by atoms with Crippen molar-refractivity contribution in [1.29, 1.82) is 0 Å². The van der Waals surface area contributed by atoms with Gasteiger partial charge in [0.2, 0.25) is 0 Å². The van der Waals surface area contributed by atoms with Crippen molar-refractivity contribution in [2.24, 2.45) is 5.92 Å². The molecule has 0 saturated heterocycles. The zero-order valence-electron chi connectivity index (χ0n) is 9.47. The highest BCUT2D eigenvalue weighted by atomic mass is 79.9. The zero-order valence-corrected chi connectivity index (χ0v) is 11.9. The summed E-state index contributed by atoms with van der Waals surface area (Å²) in [7, 11) is 0. The molecule has 1 aromatic heterocycles. The molecule has 94 valence electrons. The number of amides is 1.